The third-order valence-corrected chi connectivity index (χ3v) is 5.93. The summed E-state index contributed by atoms with van der Waals surface area (Å²) in [5, 5.41) is 3.62. The fourth-order valence-electron chi connectivity index (χ4n) is 4.10. The summed E-state index contributed by atoms with van der Waals surface area (Å²) < 4.78 is 17.4. The van der Waals surface area contributed by atoms with Gasteiger partial charge in [-0.15, -0.1) is 24.0 Å². The van der Waals surface area contributed by atoms with Gasteiger partial charge in [0.05, 0.1) is 12.7 Å². The van der Waals surface area contributed by atoms with Gasteiger partial charge in [-0.05, 0) is 39.8 Å². The number of aliphatic imine (C=N–C) groups is 1. The first-order valence-corrected chi connectivity index (χ1v) is 9.59. The number of nitrogens with zero attached hydrogens (tertiary/aromatic N) is 3. The molecule has 3 aliphatic heterocycles. The molecule has 7 nitrogen and oxygen atoms in total. The Morgan fingerprint density at radius 1 is 1.15 bits per heavy atom. The zero-order chi connectivity index (χ0) is 17.7. The molecule has 0 saturated carbocycles. The third kappa shape index (κ3) is 5.21. The second-order valence-electron chi connectivity index (χ2n) is 7.54. The highest BCUT2D eigenvalue weighted by molar-refractivity contribution is 14.0. The van der Waals surface area contributed by atoms with Gasteiger partial charge in [-0.1, -0.05) is 0 Å². The van der Waals surface area contributed by atoms with Crippen LogP contribution in [0.15, 0.2) is 4.99 Å². The van der Waals surface area contributed by atoms with E-state index >= 15 is 0 Å². The minimum Gasteiger partial charge on any atom is -0.381 e. The molecule has 1 N–H and O–H groups in total. The molecule has 0 bridgehead atoms. The van der Waals surface area contributed by atoms with Gasteiger partial charge >= 0.3 is 0 Å². The number of hydrogen-bond acceptors (Lipinski definition) is 5. The van der Waals surface area contributed by atoms with E-state index < -0.39 is 0 Å². The van der Waals surface area contributed by atoms with E-state index in [2.05, 4.69) is 34.2 Å². The zero-order valence-electron chi connectivity index (χ0n) is 16.4. The maximum Gasteiger partial charge on any atom is 0.193 e. The molecule has 2 unspecified atom stereocenters. The Bertz CT molecular complexity index is 452. The predicted octanol–water partition coefficient (Wildman–Crippen LogP) is 1.17. The number of ether oxygens (including phenoxy) is 3. The highest BCUT2D eigenvalue weighted by Crippen LogP contribution is 2.25. The summed E-state index contributed by atoms with van der Waals surface area (Å²) in [7, 11) is 6.20. The minimum atomic E-state index is 0. The SMILES string of the molecule is CN=C(NCC1(N(C)C)CCOCC1)N1CCOC(C2CCCO2)C1.I. The molecule has 3 saturated heterocycles. The maximum atomic E-state index is 5.97. The normalized spacial score (nSPS) is 29.5. The Hall–Kier alpha value is -0.160. The molecule has 0 aliphatic carbocycles. The maximum absolute atomic E-state index is 5.97. The molecule has 3 heterocycles. The van der Waals surface area contributed by atoms with E-state index in [4.69, 9.17) is 14.2 Å². The summed E-state index contributed by atoms with van der Waals surface area (Å²) in [6.45, 7) is 5.87. The lowest BCUT2D eigenvalue weighted by Gasteiger charge is -2.44. The van der Waals surface area contributed by atoms with Crippen molar-refractivity contribution in [2.75, 3.05) is 67.2 Å². The summed E-state index contributed by atoms with van der Waals surface area (Å²) in [5.41, 5.74) is 0.133. The standard InChI is InChI=1S/C18H34N4O3.HI/c1-19-17(20-14-18(21(2)3)6-10-23-11-7-18)22-8-12-25-16(13-22)15-5-4-9-24-15;/h15-16H,4-14H2,1-3H3,(H,19,20);1H. The second-order valence-corrected chi connectivity index (χ2v) is 7.54. The van der Waals surface area contributed by atoms with E-state index in [1.54, 1.807) is 0 Å². The molecule has 3 aliphatic rings. The first kappa shape index (κ1) is 22.1. The van der Waals surface area contributed by atoms with Crippen molar-refractivity contribution in [3.8, 4) is 0 Å². The van der Waals surface area contributed by atoms with Crippen LogP contribution < -0.4 is 5.32 Å². The van der Waals surface area contributed by atoms with Crippen LogP contribution in [0.3, 0.4) is 0 Å². The van der Waals surface area contributed by atoms with E-state index in [1.165, 1.54) is 0 Å². The average molecular weight is 482 g/mol. The van der Waals surface area contributed by atoms with Crippen LogP contribution in [-0.2, 0) is 14.2 Å². The molecule has 0 aromatic carbocycles. The molecular formula is C18H35IN4O3. The van der Waals surface area contributed by atoms with Crippen molar-refractivity contribution in [2.45, 2.75) is 43.4 Å². The monoisotopic (exact) mass is 482 g/mol. The molecule has 8 heteroatoms. The van der Waals surface area contributed by atoms with Gasteiger partial charge in [0, 0.05) is 52.0 Å². The van der Waals surface area contributed by atoms with Gasteiger partial charge in [0.15, 0.2) is 5.96 Å². The predicted molar refractivity (Wildman–Crippen MR) is 114 cm³/mol. The lowest BCUT2D eigenvalue weighted by molar-refractivity contribution is -0.0818. The van der Waals surface area contributed by atoms with E-state index in [0.29, 0.717) is 0 Å². The van der Waals surface area contributed by atoms with Gasteiger partial charge in [-0.3, -0.25) is 4.99 Å². The van der Waals surface area contributed by atoms with Crippen molar-refractivity contribution in [3.05, 3.63) is 0 Å². The summed E-state index contributed by atoms with van der Waals surface area (Å²) in [6, 6.07) is 0. The first-order chi connectivity index (χ1) is 12.1. The molecule has 3 rings (SSSR count). The smallest absolute Gasteiger partial charge is 0.193 e. The van der Waals surface area contributed by atoms with Crippen molar-refractivity contribution in [2.24, 2.45) is 4.99 Å². The van der Waals surface area contributed by atoms with Crippen LogP contribution >= 0.6 is 24.0 Å². The van der Waals surface area contributed by atoms with Crippen molar-refractivity contribution in [3.63, 3.8) is 0 Å². The molecule has 0 aromatic heterocycles. The van der Waals surface area contributed by atoms with Crippen LogP contribution in [0, 0.1) is 0 Å². The molecule has 0 spiro atoms. The molecular weight excluding hydrogens is 447 g/mol. The quantitative estimate of drug-likeness (QED) is 0.369. The van der Waals surface area contributed by atoms with Gasteiger partial charge in [-0.2, -0.15) is 0 Å². The van der Waals surface area contributed by atoms with Crippen molar-refractivity contribution in [1.29, 1.82) is 0 Å². The number of halogens is 1. The van der Waals surface area contributed by atoms with Crippen molar-refractivity contribution < 1.29 is 14.2 Å². The Balaban J connectivity index is 0.00000243. The van der Waals surface area contributed by atoms with E-state index in [-0.39, 0.29) is 41.7 Å². The number of nitrogens with one attached hydrogen (secondary N) is 1. The van der Waals surface area contributed by atoms with E-state index in [0.717, 1.165) is 77.7 Å². The van der Waals surface area contributed by atoms with Gasteiger partial charge in [-0.25, -0.2) is 0 Å². The topological polar surface area (TPSA) is 58.6 Å². The van der Waals surface area contributed by atoms with Crippen LogP contribution in [0.5, 0.6) is 0 Å². The number of likely N-dealkylation sites (N-methyl/N-ethyl adjacent to an activating group) is 1. The summed E-state index contributed by atoms with van der Waals surface area (Å²) in [4.78, 5) is 9.19. The van der Waals surface area contributed by atoms with Gasteiger partial charge in [0.1, 0.15) is 6.10 Å². The van der Waals surface area contributed by atoms with E-state index in [9.17, 15) is 0 Å². The van der Waals surface area contributed by atoms with Crippen molar-refractivity contribution in [1.82, 2.24) is 15.1 Å². The van der Waals surface area contributed by atoms with Crippen LogP contribution in [-0.4, -0.2) is 101 Å². The fourth-order valence-corrected chi connectivity index (χ4v) is 4.10. The Morgan fingerprint density at radius 3 is 2.50 bits per heavy atom. The molecule has 0 aromatic rings. The highest BCUT2D eigenvalue weighted by Gasteiger charge is 2.36. The summed E-state index contributed by atoms with van der Waals surface area (Å²) in [5.74, 6) is 0.971. The highest BCUT2D eigenvalue weighted by atomic mass is 127. The first-order valence-electron chi connectivity index (χ1n) is 9.59. The van der Waals surface area contributed by atoms with Gasteiger partial charge in [0.25, 0.3) is 0 Å². The van der Waals surface area contributed by atoms with Gasteiger partial charge < -0.3 is 29.3 Å². The Labute approximate surface area is 174 Å². The van der Waals surface area contributed by atoms with Crippen LogP contribution in [0.4, 0.5) is 0 Å². The van der Waals surface area contributed by atoms with E-state index in [1.807, 2.05) is 7.05 Å². The largest absolute Gasteiger partial charge is 0.381 e. The van der Waals surface area contributed by atoms with Gasteiger partial charge in [0.2, 0.25) is 0 Å². The van der Waals surface area contributed by atoms with Crippen LogP contribution in [0.25, 0.3) is 0 Å². The molecule has 152 valence electrons. The number of morpholine rings is 1. The lowest BCUT2D eigenvalue weighted by Crippen LogP contribution is -2.59. The number of guanidine groups is 1. The van der Waals surface area contributed by atoms with Crippen LogP contribution in [0.2, 0.25) is 0 Å². The third-order valence-electron chi connectivity index (χ3n) is 5.93. The Morgan fingerprint density at radius 2 is 1.88 bits per heavy atom. The molecule has 2 atom stereocenters. The average Bonchev–Trinajstić information content (AvgIpc) is 3.18. The zero-order valence-corrected chi connectivity index (χ0v) is 18.7. The summed E-state index contributed by atoms with van der Waals surface area (Å²) in [6.07, 6.45) is 4.74. The fraction of sp³-hybridized carbons (Fsp3) is 0.944. The number of rotatable bonds is 4. The van der Waals surface area contributed by atoms with Crippen molar-refractivity contribution >= 4 is 29.9 Å². The molecule has 0 amide bonds. The number of hydrogen-bond donors (Lipinski definition) is 1. The Kier molecular flexibility index (Phi) is 8.85. The van der Waals surface area contributed by atoms with Crippen LogP contribution in [0.1, 0.15) is 25.7 Å². The second kappa shape index (κ2) is 10.4. The summed E-state index contributed by atoms with van der Waals surface area (Å²) >= 11 is 0. The molecule has 26 heavy (non-hydrogen) atoms. The minimum absolute atomic E-state index is 0. The molecule has 3 fully saturated rings. The molecule has 0 radical (unpaired) electrons. The lowest BCUT2D eigenvalue weighted by atomic mass is 9.88.